The van der Waals surface area contributed by atoms with Crippen LogP contribution in [0.3, 0.4) is 0 Å². The molecule has 1 aliphatic rings. The second-order valence-electron chi connectivity index (χ2n) is 7.33. The van der Waals surface area contributed by atoms with Gasteiger partial charge in [-0.3, -0.25) is 4.79 Å². The number of carbonyl (C=O) groups excluding carboxylic acids is 1. The Morgan fingerprint density at radius 2 is 1.83 bits per heavy atom. The van der Waals surface area contributed by atoms with Crippen LogP contribution in [0.4, 0.5) is 0 Å². The smallest absolute Gasteiger partial charge is 0.230 e. The predicted octanol–water partition coefficient (Wildman–Crippen LogP) is 4.08. The minimum Gasteiger partial charge on any atom is -0.497 e. The highest BCUT2D eigenvalue weighted by atomic mass is 16.5. The Labute approximate surface area is 170 Å². The van der Waals surface area contributed by atoms with Crippen molar-refractivity contribution in [1.29, 1.82) is 0 Å². The van der Waals surface area contributed by atoms with E-state index in [1.807, 2.05) is 47.4 Å². The zero-order valence-electron chi connectivity index (χ0n) is 16.6. The van der Waals surface area contributed by atoms with Crippen molar-refractivity contribution in [2.75, 3.05) is 20.2 Å². The Morgan fingerprint density at radius 1 is 1.10 bits per heavy atom. The van der Waals surface area contributed by atoms with Crippen LogP contribution in [-0.4, -0.2) is 41.1 Å². The van der Waals surface area contributed by atoms with Crippen LogP contribution >= 0.6 is 0 Å². The largest absolute Gasteiger partial charge is 0.497 e. The molecule has 2 heterocycles. The number of hydrogen-bond acceptors (Lipinski definition) is 5. The second-order valence-corrected chi connectivity index (χ2v) is 7.33. The zero-order chi connectivity index (χ0) is 20.1. The standard InChI is InChI=1S/C23H25N3O3/c1-28-20-10-8-18(9-11-20)22-24-23(29-25-22)19-13-15-26(16-14-19)21(27)12-7-17-5-3-2-4-6-17/h2-6,8-11,19H,7,12-16H2,1H3. The number of rotatable bonds is 6. The summed E-state index contributed by atoms with van der Waals surface area (Å²) in [5.41, 5.74) is 2.10. The molecule has 150 valence electrons. The van der Waals surface area contributed by atoms with Gasteiger partial charge in [-0.1, -0.05) is 35.5 Å². The number of amides is 1. The molecule has 0 radical (unpaired) electrons. The highest BCUT2D eigenvalue weighted by Crippen LogP contribution is 2.29. The van der Waals surface area contributed by atoms with E-state index in [1.54, 1.807) is 7.11 Å². The average Bonchev–Trinajstić information content (AvgIpc) is 3.29. The van der Waals surface area contributed by atoms with E-state index in [0.717, 1.165) is 43.7 Å². The molecule has 0 atom stereocenters. The van der Waals surface area contributed by atoms with E-state index in [2.05, 4.69) is 22.3 Å². The molecule has 6 heteroatoms. The Kier molecular flexibility index (Phi) is 5.89. The second kappa shape index (κ2) is 8.90. The Bertz CT molecular complexity index is 930. The van der Waals surface area contributed by atoms with Crippen LogP contribution in [0.2, 0.25) is 0 Å². The van der Waals surface area contributed by atoms with Crippen molar-refractivity contribution >= 4 is 5.91 Å². The van der Waals surface area contributed by atoms with E-state index < -0.39 is 0 Å². The summed E-state index contributed by atoms with van der Waals surface area (Å²) in [5, 5.41) is 4.13. The summed E-state index contributed by atoms with van der Waals surface area (Å²) in [7, 11) is 1.64. The van der Waals surface area contributed by atoms with Crippen molar-refractivity contribution < 1.29 is 14.1 Å². The fourth-order valence-corrected chi connectivity index (χ4v) is 3.69. The van der Waals surface area contributed by atoms with Gasteiger partial charge in [-0.15, -0.1) is 0 Å². The van der Waals surface area contributed by atoms with E-state index in [1.165, 1.54) is 5.56 Å². The number of hydrogen-bond donors (Lipinski definition) is 0. The molecule has 1 amide bonds. The van der Waals surface area contributed by atoms with Gasteiger partial charge in [-0.05, 0) is 49.1 Å². The summed E-state index contributed by atoms with van der Waals surface area (Å²) in [6, 6.07) is 17.7. The third-order valence-corrected chi connectivity index (χ3v) is 5.46. The van der Waals surface area contributed by atoms with Gasteiger partial charge in [0.25, 0.3) is 0 Å². The number of carbonyl (C=O) groups is 1. The maximum absolute atomic E-state index is 12.5. The summed E-state index contributed by atoms with van der Waals surface area (Å²) >= 11 is 0. The van der Waals surface area contributed by atoms with Crippen LogP contribution in [0.25, 0.3) is 11.4 Å². The molecular formula is C23H25N3O3. The first-order valence-electron chi connectivity index (χ1n) is 10.0. The molecule has 1 aromatic heterocycles. The lowest BCUT2D eigenvalue weighted by molar-refractivity contribution is -0.132. The Morgan fingerprint density at radius 3 is 2.52 bits per heavy atom. The van der Waals surface area contributed by atoms with Crippen molar-refractivity contribution in [2.45, 2.75) is 31.6 Å². The van der Waals surface area contributed by atoms with Gasteiger partial charge in [-0.2, -0.15) is 4.98 Å². The summed E-state index contributed by atoms with van der Waals surface area (Å²) in [4.78, 5) is 19.1. The van der Waals surface area contributed by atoms with Crippen molar-refractivity contribution in [1.82, 2.24) is 15.0 Å². The lowest BCUT2D eigenvalue weighted by Gasteiger charge is -2.30. The third kappa shape index (κ3) is 4.65. The molecule has 1 aliphatic heterocycles. The van der Waals surface area contributed by atoms with Crippen LogP contribution < -0.4 is 4.74 Å². The number of likely N-dealkylation sites (tertiary alicyclic amines) is 1. The van der Waals surface area contributed by atoms with E-state index in [4.69, 9.17) is 9.26 Å². The van der Waals surface area contributed by atoms with Gasteiger partial charge < -0.3 is 14.2 Å². The maximum atomic E-state index is 12.5. The highest BCUT2D eigenvalue weighted by molar-refractivity contribution is 5.76. The van der Waals surface area contributed by atoms with Crippen molar-refractivity contribution in [3.05, 3.63) is 66.1 Å². The van der Waals surface area contributed by atoms with Crippen molar-refractivity contribution in [3.63, 3.8) is 0 Å². The molecule has 29 heavy (non-hydrogen) atoms. The molecule has 0 N–H and O–H groups in total. The van der Waals surface area contributed by atoms with Gasteiger partial charge in [0, 0.05) is 31.0 Å². The van der Waals surface area contributed by atoms with Gasteiger partial charge in [0.1, 0.15) is 5.75 Å². The highest BCUT2D eigenvalue weighted by Gasteiger charge is 2.27. The lowest BCUT2D eigenvalue weighted by Crippen LogP contribution is -2.38. The van der Waals surface area contributed by atoms with Crippen LogP contribution in [0.15, 0.2) is 59.1 Å². The normalized spacial score (nSPS) is 14.7. The van der Waals surface area contributed by atoms with E-state index in [0.29, 0.717) is 18.1 Å². The van der Waals surface area contributed by atoms with Crippen molar-refractivity contribution in [2.24, 2.45) is 0 Å². The Hall–Kier alpha value is -3.15. The SMILES string of the molecule is COc1ccc(-c2noc(C3CCN(C(=O)CCc4ccccc4)CC3)n2)cc1. The number of piperidine rings is 1. The number of ether oxygens (including phenoxy) is 1. The predicted molar refractivity (Wildman–Crippen MR) is 110 cm³/mol. The van der Waals surface area contributed by atoms with Gasteiger partial charge in [-0.25, -0.2) is 0 Å². The van der Waals surface area contributed by atoms with Gasteiger partial charge in [0.05, 0.1) is 7.11 Å². The number of aromatic nitrogens is 2. The van der Waals surface area contributed by atoms with Gasteiger partial charge >= 0.3 is 0 Å². The summed E-state index contributed by atoms with van der Waals surface area (Å²) < 4.78 is 10.7. The quantitative estimate of drug-likeness (QED) is 0.633. The molecule has 1 fully saturated rings. The van der Waals surface area contributed by atoms with Crippen molar-refractivity contribution in [3.8, 4) is 17.1 Å². The van der Waals surface area contributed by atoms with E-state index >= 15 is 0 Å². The lowest BCUT2D eigenvalue weighted by atomic mass is 9.96. The number of aryl methyl sites for hydroxylation is 1. The first kappa shape index (κ1) is 19.2. The maximum Gasteiger partial charge on any atom is 0.230 e. The molecule has 6 nitrogen and oxygen atoms in total. The van der Waals surface area contributed by atoms with Gasteiger partial charge in [0.15, 0.2) is 0 Å². The molecule has 3 aromatic rings. The number of methoxy groups -OCH3 is 1. The third-order valence-electron chi connectivity index (χ3n) is 5.46. The summed E-state index contributed by atoms with van der Waals surface area (Å²) in [6.45, 7) is 1.47. The molecule has 0 unspecified atom stereocenters. The average molecular weight is 391 g/mol. The summed E-state index contributed by atoms with van der Waals surface area (Å²) in [5.74, 6) is 2.46. The first-order chi connectivity index (χ1) is 14.2. The summed E-state index contributed by atoms with van der Waals surface area (Å²) in [6.07, 6.45) is 3.04. The Balaban J connectivity index is 1.30. The number of nitrogens with zero attached hydrogens (tertiary/aromatic N) is 3. The molecular weight excluding hydrogens is 366 g/mol. The van der Waals surface area contributed by atoms with E-state index in [9.17, 15) is 4.79 Å². The monoisotopic (exact) mass is 391 g/mol. The van der Waals surface area contributed by atoms with Crippen LogP contribution in [-0.2, 0) is 11.2 Å². The van der Waals surface area contributed by atoms with Crippen LogP contribution in [0.5, 0.6) is 5.75 Å². The molecule has 0 aliphatic carbocycles. The zero-order valence-corrected chi connectivity index (χ0v) is 16.6. The fraction of sp³-hybridized carbons (Fsp3) is 0.348. The first-order valence-corrected chi connectivity index (χ1v) is 10.0. The molecule has 0 bridgehead atoms. The minimum atomic E-state index is 0.202. The van der Waals surface area contributed by atoms with Gasteiger partial charge in [0.2, 0.25) is 17.6 Å². The molecule has 0 spiro atoms. The van der Waals surface area contributed by atoms with Crippen LogP contribution in [0, 0.1) is 0 Å². The number of benzene rings is 2. The molecule has 0 saturated carbocycles. The molecule has 4 rings (SSSR count). The molecule has 1 saturated heterocycles. The van der Waals surface area contributed by atoms with Crippen LogP contribution in [0.1, 0.15) is 36.6 Å². The topological polar surface area (TPSA) is 68.5 Å². The van der Waals surface area contributed by atoms with E-state index in [-0.39, 0.29) is 11.8 Å². The molecule has 2 aromatic carbocycles. The minimum absolute atomic E-state index is 0.202. The fourth-order valence-electron chi connectivity index (χ4n) is 3.69.